The van der Waals surface area contributed by atoms with E-state index < -0.39 is 6.10 Å². The second-order valence-corrected chi connectivity index (χ2v) is 9.74. The highest BCUT2D eigenvalue weighted by Crippen LogP contribution is 2.42. The average molecular weight is 458 g/mol. The summed E-state index contributed by atoms with van der Waals surface area (Å²) in [6.07, 6.45) is 0.0295. The maximum Gasteiger partial charge on any atom is 0.308 e. The Morgan fingerprint density at radius 2 is 1.76 bits per heavy atom. The number of aromatic nitrogens is 1. The first-order chi connectivity index (χ1) is 15.6. The number of aliphatic hydroxyl groups excluding tert-OH is 1. The number of cyclic esters (lactones) is 1. The summed E-state index contributed by atoms with van der Waals surface area (Å²) in [6, 6.07) is 6.56. The molecule has 3 atom stereocenters. The minimum Gasteiger partial charge on any atom is -0.462 e. The van der Waals surface area contributed by atoms with E-state index in [4.69, 9.17) is 14.5 Å². The number of methoxy groups -OCH3 is 1. The first-order valence-corrected chi connectivity index (χ1v) is 11.8. The number of nitrogens with zero attached hydrogens (tertiary/aromatic N) is 1. The Bertz CT molecular complexity index is 971. The maximum atomic E-state index is 13.8. The van der Waals surface area contributed by atoms with Crippen LogP contribution in [-0.4, -0.2) is 35.4 Å². The fourth-order valence-electron chi connectivity index (χ4n) is 4.85. The molecular formula is C27H36FNO4. The predicted molar refractivity (Wildman–Crippen MR) is 127 cm³/mol. The van der Waals surface area contributed by atoms with E-state index in [-0.39, 0.29) is 42.1 Å². The van der Waals surface area contributed by atoms with Crippen LogP contribution in [0.3, 0.4) is 0 Å². The number of benzene rings is 1. The van der Waals surface area contributed by atoms with Crippen LogP contribution < -0.4 is 0 Å². The van der Waals surface area contributed by atoms with Crippen LogP contribution in [0.2, 0.25) is 0 Å². The highest BCUT2D eigenvalue weighted by Gasteiger charge is 2.32. The quantitative estimate of drug-likeness (QED) is 0.504. The molecule has 1 aliphatic heterocycles. The number of carbonyl (C=O) groups excluding carboxylic acids is 1. The number of pyridine rings is 1. The van der Waals surface area contributed by atoms with Gasteiger partial charge in [-0.1, -0.05) is 46.8 Å². The van der Waals surface area contributed by atoms with Crippen molar-refractivity contribution in [1.29, 1.82) is 0 Å². The SMILES string of the molecule is COCc1c(C(C)C)nc(C(C)C)c(C(C)C[C@@H]2C[C@@H](O)CC(=O)O2)c1-c1ccc(F)cc1. The smallest absolute Gasteiger partial charge is 0.308 e. The first-order valence-electron chi connectivity index (χ1n) is 11.8. The van der Waals surface area contributed by atoms with Gasteiger partial charge in [-0.3, -0.25) is 9.78 Å². The molecule has 3 rings (SSSR count). The van der Waals surface area contributed by atoms with E-state index in [1.807, 2.05) is 0 Å². The van der Waals surface area contributed by atoms with E-state index in [2.05, 4.69) is 34.6 Å². The van der Waals surface area contributed by atoms with Crippen LogP contribution in [0.15, 0.2) is 24.3 Å². The normalized spacial score (nSPS) is 19.8. The molecule has 33 heavy (non-hydrogen) atoms. The lowest BCUT2D eigenvalue weighted by atomic mass is 9.80. The lowest BCUT2D eigenvalue weighted by Crippen LogP contribution is -2.33. The fraction of sp³-hybridized carbons (Fsp3) is 0.556. The van der Waals surface area contributed by atoms with E-state index in [9.17, 15) is 14.3 Å². The number of hydrogen-bond acceptors (Lipinski definition) is 5. The molecule has 0 amide bonds. The Morgan fingerprint density at radius 3 is 2.30 bits per heavy atom. The van der Waals surface area contributed by atoms with Crippen LogP contribution in [-0.2, 0) is 20.9 Å². The van der Waals surface area contributed by atoms with Gasteiger partial charge in [-0.25, -0.2) is 4.39 Å². The van der Waals surface area contributed by atoms with Crippen molar-refractivity contribution in [3.63, 3.8) is 0 Å². The molecule has 180 valence electrons. The Labute approximate surface area is 196 Å². The molecule has 1 fully saturated rings. The summed E-state index contributed by atoms with van der Waals surface area (Å²) in [6.45, 7) is 11.0. The summed E-state index contributed by atoms with van der Waals surface area (Å²) in [7, 11) is 1.67. The third kappa shape index (κ3) is 5.79. The van der Waals surface area contributed by atoms with Gasteiger partial charge in [-0.15, -0.1) is 0 Å². The van der Waals surface area contributed by atoms with Gasteiger partial charge in [0, 0.05) is 30.5 Å². The summed E-state index contributed by atoms with van der Waals surface area (Å²) in [4.78, 5) is 17.0. The van der Waals surface area contributed by atoms with Gasteiger partial charge in [-0.05, 0) is 53.0 Å². The van der Waals surface area contributed by atoms with Crippen LogP contribution in [0.1, 0.15) is 94.1 Å². The number of aliphatic hydroxyl groups is 1. The largest absolute Gasteiger partial charge is 0.462 e. The van der Waals surface area contributed by atoms with Crippen LogP contribution in [0.5, 0.6) is 0 Å². The van der Waals surface area contributed by atoms with Gasteiger partial charge >= 0.3 is 5.97 Å². The summed E-state index contributed by atoms with van der Waals surface area (Å²) < 4.78 is 25.0. The highest BCUT2D eigenvalue weighted by atomic mass is 19.1. The molecule has 0 aliphatic carbocycles. The molecule has 1 aromatic heterocycles. The van der Waals surface area contributed by atoms with Gasteiger partial charge < -0.3 is 14.6 Å². The molecule has 2 aromatic rings. The number of rotatable bonds is 8. The molecule has 1 saturated heterocycles. The molecule has 5 nitrogen and oxygen atoms in total. The number of halogens is 1. The molecule has 1 N–H and O–H groups in total. The second kappa shape index (κ2) is 10.7. The topological polar surface area (TPSA) is 68.7 Å². The monoisotopic (exact) mass is 457 g/mol. The number of ether oxygens (including phenoxy) is 2. The van der Waals surface area contributed by atoms with Crippen molar-refractivity contribution in [3.8, 4) is 11.1 Å². The summed E-state index contributed by atoms with van der Waals surface area (Å²) in [5.74, 6) is -0.301. The molecule has 6 heteroatoms. The van der Waals surface area contributed by atoms with E-state index >= 15 is 0 Å². The zero-order valence-corrected chi connectivity index (χ0v) is 20.5. The van der Waals surface area contributed by atoms with Crippen LogP contribution in [0.4, 0.5) is 4.39 Å². The molecular weight excluding hydrogens is 421 g/mol. The molecule has 1 unspecified atom stereocenters. The van der Waals surface area contributed by atoms with Crippen molar-refractivity contribution in [1.82, 2.24) is 4.98 Å². The zero-order chi connectivity index (χ0) is 24.3. The van der Waals surface area contributed by atoms with Crippen molar-refractivity contribution in [2.75, 3.05) is 7.11 Å². The molecule has 1 aromatic carbocycles. The minimum atomic E-state index is -0.671. The Morgan fingerprint density at radius 1 is 1.12 bits per heavy atom. The van der Waals surface area contributed by atoms with Gasteiger partial charge in [0.1, 0.15) is 11.9 Å². The van der Waals surface area contributed by atoms with Crippen molar-refractivity contribution in [2.24, 2.45) is 0 Å². The Balaban J connectivity index is 2.21. The second-order valence-electron chi connectivity index (χ2n) is 9.74. The third-order valence-corrected chi connectivity index (χ3v) is 6.26. The van der Waals surface area contributed by atoms with Gasteiger partial charge in [0.15, 0.2) is 0 Å². The van der Waals surface area contributed by atoms with Gasteiger partial charge in [0.05, 0.1) is 19.1 Å². The van der Waals surface area contributed by atoms with Gasteiger partial charge in [-0.2, -0.15) is 0 Å². The number of esters is 1. The molecule has 2 heterocycles. The summed E-state index contributed by atoms with van der Waals surface area (Å²) in [5.41, 5.74) is 5.99. The number of carbonyl (C=O) groups is 1. The van der Waals surface area contributed by atoms with Gasteiger partial charge in [0.25, 0.3) is 0 Å². The average Bonchev–Trinajstić information content (AvgIpc) is 2.73. The Kier molecular flexibility index (Phi) is 8.24. The highest BCUT2D eigenvalue weighted by molar-refractivity contribution is 5.74. The Hall–Kier alpha value is -2.31. The lowest BCUT2D eigenvalue weighted by Gasteiger charge is -2.31. The van der Waals surface area contributed by atoms with E-state index in [1.54, 1.807) is 19.2 Å². The van der Waals surface area contributed by atoms with Crippen LogP contribution in [0, 0.1) is 5.82 Å². The fourth-order valence-corrected chi connectivity index (χ4v) is 4.85. The van der Waals surface area contributed by atoms with Crippen molar-refractivity contribution >= 4 is 5.97 Å². The molecule has 0 bridgehead atoms. The van der Waals surface area contributed by atoms with Crippen molar-refractivity contribution in [2.45, 2.75) is 90.4 Å². The van der Waals surface area contributed by atoms with E-state index in [1.165, 1.54) is 12.1 Å². The molecule has 0 radical (unpaired) electrons. The van der Waals surface area contributed by atoms with Crippen LogP contribution in [0.25, 0.3) is 11.1 Å². The first kappa shape index (κ1) is 25.3. The van der Waals surface area contributed by atoms with E-state index in [0.29, 0.717) is 19.4 Å². The van der Waals surface area contributed by atoms with Crippen molar-refractivity contribution < 1.29 is 23.8 Å². The molecule has 0 saturated carbocycles. The standard InChI is InChI=1S/C27H36FNO4/c1-15(2)26-22(14-32-6)25(18-7-9-19(28)10-8-18)24(27(29-26)16(3)4)17(5)11-21-12-20(30)13-23(31)33-21/h7-10,15-17,20-21,30H,11-14H2,1-6H3/t17?,20-,21-/m1/s1. The van der Waals surface area contributed by atoms with Crippen molar-refractivity contribution in [3.05, 3.63) is 52.6 Å². The van der Waals surface area contributed by atoms with Gasteiger partial charge in [0.2, 0.25) is 0 Å². The summed E-state index contributed by atoms with van der Waals surface area (Å²) >= 11 is 0. The van der Waals surface area contributed by atoms with E-state index in [0.717, 1.165) is 33.6 Å². The molecule has 0 spiro atoms. The summed E-state index contributed by atoms with van der Waals surface area (Å²) in [5, 5.41) is 10.1. The minimum absolute atomic E-state index is 0.00475. The molecule has 1 aliphatic rings. The zero-order valence-electron chi connectivity index (χ0n) is 20.5. The lowest BCUT2D eigenvalue weighted by molar-refractivity contribution is -0.160. The number of hydrogen-bond donors (Lipinski definition) is 1. The predicted octanol–water partition coefficient (Wildman–Crippen LogP) is 5.84. The maximum absolute atomic E-state index is 13.8. The third-order valence-electron chi connectivity index (χ3n) is 6.26. The van der Waals surface area contributed by atoms with Crippen LogP contribution >= 0.6 is 0 Å².